The quantitative estimate of drug-likeness (QED) is 0.412. The molecule has 0 saturated carbocycles. The van der Waals surface area contributed by atoms with Gasteiger partial charge in [-0.1, -0.05) is 30.3 Å². The van der Waals surface area contributed by atoms with Crippen LogP contribution >= 0.6 is 0 Å². The number of hydrogen-bond donors (Lipinski definition) is 1. The zero-order chi connectivity index (χ0) is 21.0. The first kappa shape index (κ1) is 20.2. The Balaban J connectivity index is 1.80. The molecule has 0 unspecified atom stereocenters. The van der Waals surface area contributed by atoms with Gasteiger partial charge in [0.2, 0.25) is 6.10 Å². The van der Waals surface area contributed by atoms with Crippen LogP contribution in [0.1, 0.15) is 49.2 Å². The van der Waals surface area contributed by atoms with Crippen LogP contribution in [0.25, 0.3) is 0 Å². The summed E-state index contributed by atoms with van der Waals surface area (Å²) in [5, 5.41) is 0. The lowest BCUT2D eigenvalue weighted by atomic mass is 10.1. The van der Waals surface area contributed by atoms with Gasteiger partial charge in [0.05, 0.1) is 16.7 Å². The highest BCUT2D eigenvalue weighted by atomic mass is 16.5. The number of fused-ring (bicyclic) bond motifs is 1. The zero-order valence-corrected chi connectivity index (χ0v) is 15.8. The van der Waals surface area contributed by atoms with Crippen molar-refractivity contribution in [1.29, 1.82) is 0 Å². The smallest absolute Gasteiger partial charge is 0.339 e. The van der Waals surface area contributed by atoms with Gasteiger partial charge in [0, 0.05) is 25.8 Å². The van der Waals surface area contributed by atoms with Crippen molar-refractivity contribution in [1.82, 2.24) is 4.90 Å². The van der Waals surface area contributed by atoms with Crippen molar-refractivity contribution in [3.05, 3.63) is 70.8 Å². The molecule has 0 radical (unpaired) electrons. The monoisotopic (exact) mass is 396 g/mol. The van der Waals surface area contributed by atoms with Crippen LogP contribution in [-0.4, -0.2) is 48.9 Å². The number of ether oxygens (including phenoxy) is 2. The molecule has 1 heterocycles. The molecule has 3 amide bonds. The first-order chi connectivity index (χ1) is 13.9. The molecule has 3 rings (SSSR count). The standard InChI is InChI=1S/C21H20N2O6/c1-28-11-5-10-23-19(25)15-9-8-14(12-16(15)20(23)26)21(27)29-17(18(22)24)13-6-3-2-4-7-13/h2-4,6-9,12,17H,5,10-11H2,1H3,(H2,22,24)/t17-/m0/s1. The summed E-state index contributed by atoms with van der Waals surface area (Å²) in [6.45, 7) is 0.636. The number of esters is 1. The van der Waals surface area contributed by atoms with E-state index in [4.69, 9.17) is 15.2 Å². The van der Waals surface area contributed by atoms with Gasteiger partial charge < -0.3 is 15.2 Å². The second-order valence-electron chi connectivity index (χ2n) is 6.47. The fourth-order valence-corrected chi connectivity index (χ4v) is 3.08. The number of methoxy groups -OCH3 is 1. The third kappa shape index (κ3) is 4.17. The van der Waals surface area contributed by atoms with Gasteiger partial charge in [-0.2, -0.15) is 0 Å². The molecule has 0 fully saturated rings. The number of nitrogens with two attached hydrogens (primary N) is 1. The Morgan fingerprint density at radius 2 is 1.72 bits per heavy atom. The number of hydrogen-bond acceptors (Lipinski definition) is 6. The SMILES string of the molecule is COCCCN1C(=O)c2ccc(C(=O)O[C@H](C(N)=O)c3ccccc3)cc2C1=O. The van der Waals surface area contributed by atoms with E-state index in [1.165, 1.54) is 25.3 Å². The molecule has 1 aliphatic rings. The molecule has 1 atom stereocenters. The maximum atomic E-state index is 12.6. The molecule has 29 heavy (non-hydrogen) atoms. The second-order valence-corrected chi connectivity index (χ2v) is 6.47. The molecule has 0 bridgehead atoms. The Bertz CT molecular complexity index is 957. The summed E-state index contributed by atoms with van der Waals surface area (Å²) in [5.74, 6) is -2.54. The third-order valence-electron chi connectivity index (χ3n) is 4.52. The lowest BCUT2D eigenvalue weighted by Crippen LogP contribution is -2.31. The maximum absolute atomic E-state index is 12.6. The summed E-state index contributed by atoms with van der Waals surface area (Å²) in [4.78, 5) is 50.4. The molecule has 150 valence electrons. The second kappa shape index (κ2) is 8.66. The van der Waals surface area contributed by atoms with E-state index in [1.807, 2.05) is 0 Å². The molecule has 2 N–H and O–H groups in total. The van der Waals surface area contributed by atoms with Crippen molar-refractivity contribution in [2.45, 2.75) is 12.5 Å². The molecule has 2 aromatic rings. The number of imide groups is 1. The molecule has 2 aromatic carbocycles. The predicted octanol–water partition coefficient (Wildman–Crippen LogP) is 1.70. The van der Waals surface area contributed by atoms with Crippen molar-refractivity contribution in [2.75, 3.05) is 20.3 Å². The van der Waals surface area contributed by atoms with Crippen molar-refractivity contribution >= 4 is 23.7 Å². The molecule has 0 saturated heterocycles. The number of amides is 3. The summed E-state index contributed by atoms with van der Waals surface area (Å²) < 4.78 is 10.2. The molecule has 0 spiro atoms. The normalized spacial score (nSPS) is 13.9. The van der Waals surface area contributed by atoms with Gasteiger partial charge in [0.15, 0.2) is 0 Å². The van der Waals surface area contributed by atoms with Crippen LogP contribution in [0.2, 0.25) is 0 Å². The van der Waals surface area contributed by atoms with Gasteiger partial charge in [-0.3, -0.25) is 19.3 Å². The number of benzene rings is 2. The van der Waals surface area contributed by atoms with Crippen molar-refractivity contribution < 1.29 is 28.7 Å². The Morgan fingerprint density at radius 1 is 1.03 bits per heavy atom. The van der Waals surface area contributed by atoms with Gasteiger partial charge in [-0.05, 0) is 24.6 Å². The topological polar surface area (TPSA) is 116 Å². The van der Waals surface area contributed by atoms with Gasteiger partial charge in [0.25, 0.3) is 17.7 Å². The number of nitrogens with zero attached hydrogens (tertiary/aromatic N) is 1. The van der Waals surface area contributed by atoms with Crippen molar-refractivity contribution in [3.63, 3.8) is 0 Å². The largest absolute Gasteiger partial charge is 0.444 e. The van der Waals surface area contributed by atoms with E-state index >= 15 is 0 Å². The fraction of sp³-hybridized carbons (Fsp3) is 0.238. The Kier molecular flexibility index (Phi) is 6.04. The molecule has 0 aliphatic carbocycles. The lowest BCUT2D eigenvalue weighted by Gasteiger charge is -2.15. The van der Waals surface area contributed by atoms with Crippen LogP contribution in [0.3, 0.4) is 0 Å². The molecule has 8 nitrogen and oxygen atoms in total. The molecular formula is C21H20N2O6. The summed E-state index contributed by atoms with van der Waals surface area (Å²) in [7, 11) is 1.54. The van der Waals surface area contributed by atoms with Gasteiger partial charge >= 0.3 is 5.97 Å². The fourth-order valence-electron chi connectivity index (χ4n) is 3.08. The van der Waals surface area contributed by atoms with E-state index in [2.05, 4.69) is 0 Å². The summed E-state index contributed by atoms with van der Waals surface area (Å²) in [6, 6.07) is 12.5. The summed E-state index contributed by atoms with van der Waals surface area (Å²) in [5.41, 5.74) is 6.20. The van der Waals surface area contributed by atoms with Gasteiger partial charge in [-0.25, -0.2) is 4.79 Å². The van der Waals surface area contributed by atoms with E-state index < -0.39 is 29.8 Å². The highest BCUT2D eigenvalue weighted by Gasteiger charge is 2.36. The Morgan fingerprint density at radius 3 is 2.38 bits per heavy atom. The van der Waals surface area contributed by atoms with E-state index in [0.717, 1.165) is 4.90 Å². The molecule has 0 aromatic heterocycles. The lowest BCUT2D eigenvalue weighted by molar-refractivity contribution is -0.127. The van der Waals surface area contributed by atoms with Crippen LogP contribution in [0.4, 0.5) is 0 Å². The number of carbonyl (C=O) groups is 4. The minimum absolute atomic E-state index is 0.0471. The molecule has 1 aliphatic heterocycles. The Labute approximate surface area is 167 Å². The highest BCUT2D eigenvalue weighted by Crippen LogP contribution is 2.26. The van der Waals surface area contributed by atoms with E-state index in [0.29, 0.717) is 18.6 Å². The molecule has 8 heteroatoms. The maximum Gasteiger partial charge on any atom is 0.339 e. The molecular weight excluding hydrogens is 376 g/mol. The zero-order valence-electron chi connectivity index (χ0n) is 15.8. The number of carbonyl (C=O) groups excluding carboxylic acids is 4. The minimum Gasteiger partial charge on any atom is -0.444 e. The van der Waals surface area contributed by atoms with Crippen LogP contribution in [0.15, 0.2) is 48.5 Å². The first-order valence-electron chi connectivity index (χ1n) is 8.98. The predicted molar refractivity (Wildman–Crippen MR) is 102 cm³/mol. The number of rotatable bonds is 8. The van der Waals surface area contributed by atoms with Crippen LogP contribution < -0.4 is 5.73 Å². The summed E-state index contributed by atoms with van der Waals surface area (Å²) >= 11 is 0. The summed E-state index contributed by atoms with van der Waals surface area (Å²) in [6.07, 6.45) is -0.756. The third-order valence-corrected chi connectivity index (χ3v) is 4.52. The van der Waals surface area contributed by atoms with Crippen LogP contribution in [-0.2, 0) is 14.3 Å². The Hall–Kier alpha value is -3.52. The van der Waals surface area contributed by atoms with E-state index in [9.17, 15) is 19.2 Å². The van der Waals surface area contributed by atoms with Crippen LogP contribution in [0.5, 0.6) is 0 Å². The van der Waals surface area contributed by atoms with Crippen molar-refractivity contribution in [2.24, 2.45) is 5.73 Å². The average Bonchev–Trinajstić information content (AvgIpc) is 2.96. The number of primary amides is 1. The van der Waals surface area contributed by atoms with Gasteiger partial charge in [-0.15, -0.1) is 0 Å². The first-order valence-corrected chi connectivity index (χ1v) is 8.98. The highest BCUT2D eigenvalue weighted by molar-refractivity contribution is 6.22. The van der Waals surface area contributed by atoms with E-state index in [1.54, 1.807) is 30.3 Å². The van der Waals surface area contributed by atoms with E-state index in [-0.39, 0.29) is 23.2 Å². The minimum atomic E-state index is -1.26. The van der Waals surface area contributed by atoms with Crippen LogP contribution in [0, 0.1) is 0 Å². The average molecular weight is 396 g/mol. The van der Waals surface area contributed by atoms with Gasteiger partial charge in [0.1, 0.15) is 0 Å². The van der Waals surface area contributed by atoms with Crippen molar-refractivity contribution in [3.8, 4) is 0 Å².